The molecule has 1 aliphatic rings. The van der Waals surface area contributed by atoms with Crippen LogP contribution in [0.1, 0.15) is 17.9 Å². The zero-order chi connectivity index (χ0) is 18.3. The molecule has 1 fully saturated rings. The lowest BCUT2D eigenvalue weighted by Crippen LogP contribution is -2.29. The highest BCUT2D eigenvalue weighted by atomic mass is 35.5. The van der Waals surface area contributed by atoms with E-state index in [9.17, 15) is 8.42 Å². The highest BCUT2D eigenvalue weighted by Crippen LogP contribution is 2.37. The third kappa shape index (κ3) is 2.88. The minimum absolute atomic E-state index is 0.118. The topological polar surface area (TPSA) is 62.4 Å². The van der Waals surface area contributed by atoms with E-state index in [1.165, 1.54) is 17.5 Å². The Balaban J connectivity index is 1.65. The Hall–Kier alpha value is -2.02. The monoisotopic (exact) mass is 390 g/mol. The molecule has 0 aliphatic carbocycles. The molecule has 1 aliphatic heterocycles. The van der Waals surface area contributed by atoms with Gasteiger partial charge in [0.25, 0.3) is 0 Å². The van der Waals surface area contributed by atoms with Crippen LogP contribution in [-0.2, 0) is 10.0 Å². The molecule has 1 saturated heterocycles. The van der Waals surface area contributed by atoms with Gasteiger partial charge in [-0.2, -0.15) is 4.31 Å². The van der Waals surface area contributed by atoms with Crippen LogP contribution in [0.2, 0.25) is 5.02 Å². The van der Waals surface area contributed by atoms with Crippen molar-refractivity contribution in [3.63, 3.8) is 0 Å². The lowest BCUT2D eigenvalue weighted by Gasteiger charge is -2.18. The van der Waals surface area contributed by atoms with Crippen LogP contribution < -0.4 is 4.74 Å². The second-order valence-electron chi connectivity index (χ2n) is 6.43. The Bertz CT molecular complexity index is 1060. The van der Waals surface area contributed by atoms with E-state index >= 15 is 0 Å². The van der Waals surface area contributed by atoms with Gasteiger partial charge in [-0.15, -0.1) is 0 Å². The Kier molecular flexibility index (Phi) is 4.42. The first-order chi connectivity index (χ1) is 12.5. The van der Waals surface area contributed by atoms with Crippen molar-refractivity contribution in [1.82, 2.24) is 9.29 Å². The van der Waals surface area contributed by atoms with Crippen molar-refractivity contribution in [2.24, 2.45) is 0 Å². The number of H-pyrrole nitrogens is 1. The van der Waals surface area contributed by atoms with Crippen LogP contribution in [0.4, 0.5) is 0 Å². The maximum Gasteiger partial charge on any atom is 0.246 e. The highest BCUT2D eigenvalue weighted by molar-refractivity contribution is 7.89. The average Bonchev–Trinajstić information content (AvgIpc) is 3.28. The van der Waals surface area contributed by atoms with Crippen molar-refractivity contribution in [3.8, 4) is 5.75 Å². The summed E-state index contributed by atoms with van der Waals surface area (Å²) < 4.78 is 33.0. The van der Waals surface area contributed by atoms with Gasteiger partial charge in [-0.1, -0.05) is 29.8 Å². The molecule has 1 unspecified atom stereocenters. The fraction of sp³-hybridized carbons (Fsp3) is 0.263. The molecule has 1 N–H and O–H groups in total. The van der Waals surface area contributed by atoms with Gasteiger partial charge in [-0.3, -0.25) is 0 Å². The fourth-order valence-electron chi connectivity index (χ4n) is 3.62. The minimum Gasteiger partial charge on any atom is -0.495 e. The third-order valence-electron chi connectivity index (χ3n) is 4.96. The van der Waals surface area contributed by atoms with Crippen molar-refractivity contribution in [1.29, 1.82) is 0 Å². The number of halogens is 1. The lowest BCUT2D eigenvalue weighted by atomic mass is 9.98. The van der Waals surface area contributed by atoms with Gasteiger partial charge in [0.05, 0.1) is 7.11 Å². The molecule has 136 valence electrons. The number of methoxy groups -OCH3 is 1. The Morgan fingerprint density at radius 3 is 2.85 bits per heavy atom. The SMILES string of the molecule is COc1ccc(Cl)cc1S(=O)(=O)N1CCC(c2c[nH]c3ccccc23)C1. The Morgan fingerprint density at radius 2 is 2.04 bits per heavy atom. The molecular formula is C19H19ClN2O3S. The number of aromatic nitrogens is 1. The van der Waals surface area contributed by atoms with Gasteiger partial charge in [-0.25, -0.2) is 8.42 Å². The summed E-state index contributed by atoms with van der Waals surface area (Å²) >= 11 is 6.02. The van der Waals surface area contributed by atoms with Gasteiger partial charge in [0.15, 0.2) is 0 Å². The van der Waals surface area contributed by atoms with Gasteiger partial charge >= 0.3 is 0 Å². The molecule has 0 amide bonds. The van der Waals surface area contributed by atoms with Crippen LogP contribution in [0, 0.1) is 0 Å². The molecule has 3 aromatic rings. The molecule has 0 bridgehead atoms. The van der Waals surface area contributed by atoms with E-state index in [0.29, 0.717) is 23.9 Å². The summed E-state index contributed by atoms with van der Waals surface area (Å²) in [5, 5.41) is 1.52. The number of benzene rings is 2. The molecule has 0 radical (unpaired) electrons. The summed E-state index contributed by atoms with van der Waals surface area (Å²) in [4.78, 5) is 3.39. The molecule has 0 saturated carbocycles. The van der Waals surface area contributed by atoms with E-state index in [1.807, 2.05) is 24.4 Å². The first-order valence-electron chi connectivity index (χ1n) is 8.40. The molecule has 2 heterocycles. The number of nitrogens with one attached hydrogen (secondary N) is 1. The summed E-state index contributed by atoms with van der Waals surface area (Å²) in [7, 11) is -2.21. The molecule has 4 rings (SSSR count). The maximum atomic E-state index is 13.1. The van der Waals surface area contributed by atoms with Gasteiger partial charge in [0, 0.05) is 41.1 Å². The first-order valence-corrected chi connectivity index (χ1v) is 10.2. The van der Waals surface area contributed by atoms with Crippen LogP contribution in [0.25, 0.3) is 10.9 Å². The third-order valence-corrected chi connectivity index (χ3v) is 7.08. The largest absolute Gasteiger partial charge is 0.495 e. The number of rotatable bonds is 4. The van der Waals surface area contributed by atoms with Crippen LogP contribution in [0.15, 0.2) is 53.6 Å². The van der Waals surface area contributed by atoms with Crippen LogP contribution in [0.3, 0.4) is 0 Å². The van der Waals surface area contributed by atoms with E-state index < -0.39 is 10.0 Å². The number of sulfonamides is 1. The second-order valence-corrected chi connectivity index (χ2v) is 8.78. The smallest absolute Gasteiger partial charge is 0.246 e. The molecule has 1 atom stereocenters. The van der Waals surface area contributed by atoms with Crippen molar-refractivity contribution >= 4 is 32.5 Å². The molecule has 5 nitrogen and oxygen atoms in total. The summed E-state index contributed by atoms with van der Waals surface area (Å²) in [5.41, 5.74) is 2.23. The number of hydrogen-bond acceptors (Lipinski definition) is 3. The standard InChI is InChI=1S/C19H19ClN2O3S/c1-25-18-7-6-14(20)10-19(18)26(23,24)22-9-8-13(12-22)16-11-21-17-5-3-2-4-15(16)17/h2-7,10-11,13,21H,8-9,12H2,1H3. The van der Waals surface area contributed by atoms with Gasteiger partial charge in [0.2, 0.25) is 10.0 Å². The summed E-state index contributed by atoms with van der Waals surface area (Å²) in [6.07, 6.45) is 2.77. The van der Waals surface area contributed by atoms with E-state index in [1.54, 1.807) is 12.1 Å². The van der Waals surface area contributed by atoms with Crippen LogP contribution in [-0.4, -0.2) is 37.9 Å². The molecule has 7 heteroatoms. The van der Waals surface area contributed by atoms with E-state index in [0.717, 1.165) is 22.9 Å². The summed E-state index contributed by atoms with van der Waals surface area (Å²) in [5.74, 6) is 0.469. The maximum absolute atomic E-state index is 13.1. The predicted molar refractivity (Wildman–Crippen MR) is 102 cm³/mol. The van der Waals surface area contributed by atoms with E-state index in [2.05, 4.69) is 11.1 Å². The van der Waals surface area contributed by atoms with E-state index in [-0.39, 0.29) is 10.8 Å². The van der Waals surface area contributed by atoms with Crippen molar-refractivity contribution < 1.29 is 13.2 Å². The average molecular weight is 391 g/mol. The molecule has 2 aromatic carbocycles. The molecule has 26 heavy (non-hydrogen) atoms. The quantitative estimate of drug-likeness (QED) is 0.732. The highest BCUT2D eigenvalue weighted by Gasteiger charge is 2.35. The Morgan fingerprint density at radius 1 is 1.23 bits per heavy atom. The number of ether oxygens (including phenoxy) is 1. The normalized spacial score (nSPS) is 18.5. The molecular weight excluding hydrogens is 372 g/mol. The fourth-order valence-corrected chi connectivity index (χ4v) is 5.54. The van der Waals surface area contributed by atoms with Gasteiger partial charge in [0.1, 0.15) is 10.6 Å². The predicted octanol–water partition coefficient (Wildman–Crippen LogP) is 4.01. The zero-order valence-electron chi connectivity index (χ0n) is 14.3. The van der Waals surface area contributed by atoms with Crippen molar-refractivity contribution in [2.75, 3.05) is 20.2 Å². The Labute approximate surface area is 157 Å². The number of para-hydroxylation sites is 1. The van der Waals surface area contributed by atoms with Crippen LogP contribution in [0.5, 0.6) is 5.75 Å². The molecule has 0 spiro atoms. The first kappa shape index (κ1) is 17.4. The number of aromatic amines is 1. The van der Waals surface area contributed by atoms with Crippen molar-refractivity contribution in [2.45, 2.75) is 17.2 Å². The van der Waals surface area contributed by atoms with Gasteiger partial charge < -0.3 is 9.72 Å². The number of fused-ring (bicyclic) bond motifs is 1. The lowest BCUT2D eigenvalue weighted by molar-refractivity contribution is 0.398. The van der Waals surface area contributed by atoms with Gasteiger partial charge in [-0.05, 0) is 36.2 Å². The summed E-state index contributed by atoms with van der Waals surface area (Å²) in [6.45, 7) is 0.919. The number of nitrogens with zero attached hydrogens (tertiary/aromatic N) is 1. The second kappa shape index (κ2) is 6.61. The molecule has 1 aromatic heterocycles. The van der Waals surface area contributed by atoms with E-state index in [4.69, 9.17) is 16.3 Å². The number of hydrogen-bond donors (Lipinski definition) is 1. The van der Waals surface area contributed by atoms with Crippen molar-refractivity contribution in [3.05, 3.63) is 59.2 Å². The zero-order valence-corrected chi connectivity index (χ0v) is 15.8. The van der Waals surface area contributed by atoms with Crippen LogP contribution >= 0.6 is 11.6 Å². The summed E-state index contributed by atoms with van der Waals surface area (Å²) in [6, 6.07) is 12.7. The minimum atomic E-state index is -3.67.